The van der Waals surface area contributed by atoms with Crippen molar-refractivity contribution >= 4 is 0 Å². The maximum atomic E-state index is 8.99. The number of methoxy groups -OCH3 is 2. The Kier molecular flexibility index (Phi) is 4.51. The highest BCUT2D eigenvalue weighted by Gasteiger charge is 2.09. The fourth-order valence-corrected chi connectivity index (χ4v) is 1.17. The molecule has 0 atom stereocenters. The smallest absolute Gasteiger partial charge is 0.159 e. The number of hydrogen-bond donors (Lipinski definition) is 1. The zero-order valence-electron chi connectivity index (χ0n) is 8.43. The molecule has 0 aromatic carbocycles. The van der Waals surface area contributed by atoms with E-state index in [1.54, 1.807) is 18.8 Å². The minimum absolute atomic E-state index is 0.125. The van der Waals surface area contributed by atoms with Gasteiger partial charge in [0.05, 0.1) is 6.61 Å². The van der Waals surface area contributed by atoms with Crippen molar-refractivity contribution in [1.82, 2.24) is 14.8 Å². The highest BCUT2D eigenvalue weighted by Crippen LogP contribution is 2.03. The van der Waals surface area contributed by atoms with Crippen LogP contribution in [0, 0.1) is 0 Å². The lowest BCUT2D eigenvalue weighted by atomic mass is 10.5. The highest BCUT2D eigenvalue weighted by atomic mass is 16.5. The van der Waals surface area contributed by atoms with E-state index in [2.05, 4.69) is 10.2 Å². The Balaban J connectivity index is 2.76. The molecule has 0 aliphatic heterocycles. The summed E-state index contributed by atoms with van der Waals surface area (Å²) < 4.78 is 11.7. The molecule has 80 valence electrons. The normalized spacial score (nSPS) is 10.8. The van der Waals surface area contributed by atoms with E-state index < -0.39 is 0 Å². The molecule has 1 rings (SSSR count). The Hall–Kier alpha value is -0.980. The van der Waals surface area contributed by atoms with Crippen molar-refractivity contribution in [3.05, 3.63) is 11.6 Å². The van der Waals surface area contributed by atoms with Crippen molar-refractivity contribution in [2.45, 2.75) is 19.8 Å². The molecule has 0 radical (unpaired) electrons. The van der Waals surface area contributed by atoms with Crippen molar-refractivity contribution < 1.29 is 14.6 Å². The van der Waals surface area contributed by atoms with Crippen LogP contribution in [0.25, 0.3) is 0 Å². The molecule has 0 spiro atoms. The van der Waals surface area contributed by atoms with Gasteiger partial charge in [-0.1, -0.05) is 0 Å². The molecule has 1 aromatic rings. The first kappa shape index (κ1) is 11.1. The van der Waals surface area contributed by atoms with E-state index in [0.717, 1.165) is 0 Å². The molecule has 1 N–H and O–H groups in total. The van der Waals surface area contributed by atoms with Crippen LogP contribution < -0.4 is 0 Å². The van der Waals surface area contributed by atoms with Gasteiger partial charge < -0.3 is 19.1 Å². The molecule has 0 amide bonds. The van der Waals surface area contributed by atoms with Crippen LogP contribution in [-0.4, -0.2) is 40.7 Å². The molecular formula is C8H15N3O3. The molecule has 0 bridgehead atoms. The lowest BCUT2D eigenvalue weighted by Gasteiger charge is -2.07. The zero-order chi connectivity index (χ0) is 10.4. The lowest BCUT2D eigenvalue weighted by molar-refractivity contribution is 0.160. The summed E-state index contributed by atoms with van der Waals surface area (Å²) in [6.07, 6.45) is 0. The first-order valence-corrected chi connectivity index (χ1v) is 4.33. The van der Waals surface area contributed by atoms with Gasteiger partial charge in [0.2, 0.25) is 0 Å². The van der Waals surface area contributed by atoms with E-state index in [-0.39, 0.29) is 6.61 Å². The number of hydrogen-bond acceptors (Lipinski definition) is 5. The van der Waals surface area contributed by atoms with Crippen molar-refractivity contribution in [3.8, 4) is 0 Å². The van der Waals surface area contributed by atoms with Crippen LogP contribution in [-0.2, 0) is 29.2 Å². The Bertz CT molecular complexity index is 275. The quantitative estimate of drug-likeness (QED) is 0.676. The third-order valence-electron chi connectivity index (χ3n) is 1.84. The van der Waals surface area contributed by atoms with E-state index in [1.165, 1.54) is 0 Å². The maximum absolute atomic E-state index is 8.99. The Morgan fingerprint density at radius 1 is 1.21 bits per heavy atom. The van der Waals surface area contributed by atoms with Crippen LogP contribution in [0.2, 0.25) is 0 Å². The number of nitrogens with zero attached hydrogens (tertiary/aromatic N) is 3. The van der Waals surface area contributed by atoms with Gasteiger partial charge in [0, 0.05) is 20.8 Å². The summed E-state index contributed by atoms with van der Waals surface area (Å²) in [6.45, 7) is 1.44. The van der Waals surface area contributed by atoms with Crippen LogP contribution in [0.3, 0.4) is 0 Å². The molecule has 0 saturated carbocycles. The Labute approximate surface area is 82.5 Å². The van der Waals surface area contributed by atoms with E-state index >= 15 is 0 Å². The monoisotopic (exact) mass is 201 g/mol. The molecule has 1 heterocycles. The van der Waals surface area contributed by atoms with Crippen LogP contribution in [0.1, 0.15) is 11.6 Å². The first-order valence-electron chi connectivity index (χ1n) is 4.33. The maximum Gasteiger partial charge on any atom is 0.159 e. The molecule has 0 unspecified atom stereocenters. The van der Waals surface area contributed by atoms with Crippen LogP contribution >= 0.6 is 0 Å². The second-order valence-corrected chi connectivity index (χ2v) is 2.77. The number of aliphatic hydroxyl groups is 1. The van der Waals surface area contributed by atoms with Crippen LogP contribution in [0.5, 0.6) is 0 Å². The molecule has 0 aliphatic carbocycles. The molecule has 14 heavy (non-hydrogen) atoms. The second-order valence-electron chi connectivity index (χ2n) is 2.77. The number of aromatic nitrogens is 3. The summed E-state index contributed by atoms with van der Waals surface area (Å²) in [5, 5.41) is 16.7. The SMILES string of the molecule is COCCn1c(CO)nnc1COC. The summed E-state index contributed by atoms with van der Waals surface area (Å²) in [5.41, 5.74) is 0. The summed E-state index contributed by atoms with van der Waals surface area (Å²) in [6, 6.07) is 0. The largest absolute Gasteiger partial charge is 0.388 e. The predicted molar refractivity (Wildman–Crippen MR) is 48.5 cm³/mol. The summed E-state index contributed by atoms with van der Waals surface area (Å²) >= 11 is 0. The van der Waals surface area contributed by atoms with Gasteiger partial charge in [-0.3, -0.25) is 0 Å². The fraction of sp³-hybridized carbons (Fsp3) is 0.750. The standard InChI is InChI=1S/C8H15N3O3/c1-13-4-3-11-7(5-12)9-10-8(11)6-14-2/h12H,3-6H2,1-2H3. The fourth-order valence-electron chi connectivity index (χ4n) is 1.17. The van der Waals surface area contributed by atoms with Crippen LogP contribution in [0.15, 0.2) is 0 Å². The topological polar surface area (TPSA) is 69.4 Å². The predicted octanol–water partition coefficient (Wildman–Crippen LogP) is -0.437. The van der Waals surface area contributed by atoms with Gasteiger partial charge in [0.1, 0.15) is 13.2 Å². The minimum atomic E-state index is -0.125. The molecular weight excluding hydrogens is 186 g/mol. The molecule has 1 aromatic heterocycles. The Morgan fingerprint density at radius 3 is 2.50 bits per heavy atom. The first-order chi connectivity index (χ1) is 6.83. The average Bonchev–Trinajstić information content (AvgIpc) is 2.58. The molecule has 0 fully saturated rings. The van der Waals surface area contributed by atoms with Crippen molar-refractivity contribution in [1.29, 1.82) is 0 Å². The van der Waals surface area contributed by atoms with E-state index in [4.69, 9.17) is 14.6 Å². The number of ether oxygens (including phenoxy) is 2. The Morgan fingerprint density at radius 2 is 1.93 bits per heavy atom. The summed E-state index contributed by atoms with van der Waals surface area (Å²) in [5.74, 6) is 1.24. The van der Waals surface area contributed by atoms with Crippen molar-refractivity contribution in [3.63, 3.8) is 0 Å². The molecule has 6 nitrogen and oxygen atoms in total. The van der Waals surface area contributed by atoms with E-state index in [0.29, 0.717) is 31.4 Å². The van der Waals surface area contributed by atoms with Crippen LogP contribution in [0.4, 0.5) is 0 Å². The van der Waals surface area contributed by atoms with Crippen molar-refractivity contribution in [2.75, 3.05) is 20.8 Å². The number of aliphatic hydroxyl groups excluding tert-OH is 1. The third kappa shape index (κ3) is 2.50. The van der Waals surface area contributed by atoms with Gasteiger partial charge in [-0.15, -0.1) is 10.2 Å². The summed E-state index contributed by atoms with van der Waals surface area (Å²) in [7, 11) is 3.22. The molecule has 0 aliphatic rings. The zero-order valence-corrected chi connectivity index (χ0v) is 8.43. The molecule has 0 saturated heterocycles. The van der Waals surface area contributed by atoms with Gasteiger partial charge in [-0.25, -0.2) is 0 Å². The molecule has 6 heteroatoms. The van der Waals surface area contributed by atoms with E-state index in [1.807, 2.05) is 0 Å². The van der Waals surface area contributed by atoms with E-state index in [9.17, 15) is 0 Å². The third-order valence-corrected chi connectivity index (χ3v) is 1.84. The van der Waals surface area contributed by atoms with Gasteiger partial charge in [0.25, 0.3) is 0 Å². The highest BCUT2D eigenvalue weighted by molar-refractivity contribution is 4.93. The minimum Gasteiger partial charge on any atom is -0.388 e. The van der Waals surface area contributed by atoms with Gasteiger partial charge in [0.15, 0.2) is 11.6 Å². The second kappa shape index (κ2) is 5.69. The average molecular weight is 201 g/mol. The van der Waals surface area contributed by atoms with Gasteiger partial charge in [-0.2, -0.15) is 0 Å². The van der Waals surface area contributed by atoms with Gasteiger partial charge in [-0.05, 0) is 0 Å². The summed E-state index contributed by atoms with van der Waals surface area (Å²) in [4.78, 5) is 0. The van der Waals surface area contributed by atoms with Gasteiger partial charge >= 0.3 is 0 Å². The van der Waals surface area contributed by atoms with Crippen molar-refractivity contribution in [2.24, 2.45) is 0 Å². The lowest BCUT2D eigenvalue weighted by Crippen LogP contribution is -2.12. The number of rotatable bonds is 6.